The number of nitrogens with two attached hydrogens (primary N) is 1. The van der Waals surface area contributed by atoms with Crippen LogP contribution in [-0.2, 0) is 4.79 Å². The van der Waals surface area contributed by atoms with E-state index >= 15 is 0 Å². The van der Waals surface area contributed by atoms with Gasteiger partial charge in [-0.15, -0.1) is 0 Å². The Balaban J connectivity index is 2.11. The third-order valence-electron chi connectivity index (χ3n) is 2.56. The first kappa shape index (κ1) is 12.9. The highest BCUT2D eigenvalue weighted by Crippen LogP contribution is 2.18. The third kappa shape index (κ3) is 2.81. The Labute approximate surface area is 119 Å². The number of carbonyl (C=O) groups excluding carboxylic acids is 1. The molecule has 0 radical (unpaired) electrons. The van der Waals surface area contributed by atoms with Gasteiger partial charge in [0, 0.05) is 6.20 Å². The first-order valence-corrected chi connectivity index (χ1v) is 6.51. The van der Waals surface area contributed by atoms with E-state index in [-0.39, 0.29) is 11.9 Å². The van der Waals surface area contributed by atoms with Crippen molar-refractivity contribution in [2.75, 3.05) is 11.1 Å². The summed E-state index contributed by atoms with van der Waals surface area (Å²) < 4.78 is 2.61. The van der Waals surface area contributed by atoms with Crippen molar-refractivity contribution in [1.82, 2.24) is 9.78 Å². The molecule has 2 aromatic rings. The van der Waals surface area contributed by atoms with Crippen LogP contribution >= 0.6 is 22.6 Å². The quantitative estimate of drug-likeness (QED) is 0.655. The fourth-order valence-electron chi connectivity index (χ4n) is 1.49. The number of hydrogen-bond donors (Lipinski definition) is 2. The van der Waals surface area contributed by atoms with E-state index < -0.39 is 0 Å². The van der Waals surface area contributed by atoms with Gasteiger partial charge in [-0.05, 0) is 41.6 Å². The highest BCUT2D eigenvalue weighted by Gasteiger charge is 2.16. The van der Waals surface area contributed by atoms with Gasteiger partial charge in [0.15, 0.2) is 0 Å². The monoisotopic (exact) mass is 356 g/mol. The maximum absolute atomic E-state index is 12.0. The summed E-state index contributed by atoms with van der Waals surface area (Å²) in [6.07, 6.45) is 3.53. The van der Waals surface area contributed by atoms with Crippen molar-refractivity contribution in [1.29, 1.82) is 0 Å². The van der Waals surface area contributed by atoms with Crippen molar-refractivity contribution in [2.24, 2.45) is 0 Å². The van der Waals surface area contributed by atoms with Gasteiger partial charge in [0.1, 0.15) is 6.04 Å². The summed E-state index contributed by atoms with van der Waals surface area (Å²) in [7, 11) is 0. The van der Waals surface area contributed by atoms with E-state index in [1.807, 2.05) is 18.3 Å². The molecular weight excluding hydrogens is 343 g/mol. The van der Waals surface area contributed by atoms with Crippen LogP contribution in [0.15, 0.2) is 36.7 Å². The maximum atomic E-state index is 12.0. The Morgan fingerprint density at radius 3 is 2.83 bits per heavy atom. The summed E-state index contributed by atoms with van der Waals surface area (Å²) in [5, 5.41) is 6.91. The highest BCUT2D eigenvalue weighted by molar-refractivity contribution is 14.1. The number of nitrogens with one attached hydrogen (secondary N) is 1. The second-order valence-corrected chi connectivity index (χ2v) is 5.14. The van der Waals surface area contributed by atoms with Crippen LogP contribution in [0.1, 0.15) is 13.0 Å². The molecule has 0 fully saturated rings. The lowest BCUT2D eigenvalue weighted by molar-refractivity contribution is -0.119. The topological polar surface area (TPSA) is 72.9 Å². The Morgan fingerprint density at radius 1 is 1.50 bits per heavy atom. The molecule has 0 spiro atoms. The van der Waals surface area contributed by atoms with Crippen LogP contribution < -0.4 is 11.1 Å². The van der Waals surface area contributed by atoms with Crippen molar-refractivity contribution in [2.45, 2.75) is 13.0 Å². The second kappa shape index (κ2) is 5.38. The molecule has 1 aromatic carbocycles. The van der Waals surface area contributed by atoms with Crippen LogP contribution in [0.25, 0.3) is 0 Å². The second-order valence-electron chi connectivity index (χ2n) is 3.89. The number of para-hydroxylation sites is 2. The molecule has 0 aliphatic heterocycles. The fourth-order valence-corrected chi connectivity index (χ4v) is 1.90. The van der Waals surface area contributed by atoms with Gasteiger partial charge >= 0.3 is 0 Å². The number of anilines is 2. The molecule has 0 saturated heterocycles. The van der Waals surface area contributed by atoms with Gasteiger partial charge in [-0.2, -0.15) is 5.10 Å². The van der Waals surface area contributed by atoms with Crippen molar-refractivity contribution < 1.29 is 4.79 Å². The average Bonchev–Trinajstić information content (AvgIpc) is 2.78. The van der Waals surface area contributed by atoms with E-state index in [4.69, 9.17) is 5.73 Å². The molecule has 1 amide bonds. The van der Waals surface area contributed by atoms with E-state index in [1.165, 1.54) is 0 Å². The Hall–Kier alpha value is -1.57. The number of rotatable bonds is 3. The predicted molar refractivity (Wildman–Crippen MR) is 79.1 cm³/mol. The molecule has 1 unspecified atom stereocenters. The molecule has 3 N–H and O–H groups in total. The number of carbonyl (C=O) groups is 1. The Kier molecular flexibility index (Phi) is 3.85. The van der Waals surface area contributed by atoms with Crippen molar-refractivity contribution in [3.8, 4) is 0 Å². The smallest absolute Gasteiger partial charge is 0.249 e. The first-order chi connectivity index (χ1) is 8.58. The predicted octanol–water partition coefficient (Wildman–Crippen LogP) is 2.27. The summed E-state index contributed by atoms with van der Waals surface area (Å²) in [4.78, 5) is 12.0. The number of hydrogen-bond acceptors (Lipinski definition) is 3. The first-order valence-electron chi connectivity index (χ1n) is 5.43. The average molecular weight is 356 g/mol. The van der Waals surface area contributed by atoms with E-state index in [9.17, 15) is 4.79 Å². The molecule has 1 atom stereocenters. The van der Waals surface area contributed by atoms with Crippen molar-refractivity contribution >= 4 is 39.9 Å². The molecule has 0 saturated carbocycles. The molecule has 0 aliphatic carbocycles. The maximum Gasteiger partial charge on any atom is 0.249 e. The van der Waals surface area contributed by atoms with Gasteiger partial charge in [-0.25, -0.2) is 0 Å². The lowest BCUT2D eigenvalue weighted by atomic mass is 10.2. The van der Waals surface area contributed by atoms with E-state index in [0.717, 1.165) is 3.57 Å². The van der Waals surface area contributed by atoms with E-state index in [0.29, 0.717) is 11.4 Å². The normalized spacial score (nSPS) is 12.1. The molecule has 0 aliphatic rings. The zero-order valence-electron chi connectivity index (χ0n) is 9.80. The molecule has 2 rings (SSSR count). The van der Waals surface area contributed by atoms with Gasteiger partial charge in [0.05, 0.1) is 21.1 Å². The number of nitrogen functional groups attached to an aromatic ring is 1. The standard InChI is InChI=1S/C12H13IN4O/c1-8(17-7-9(13)6-15-17)12(18)16-11-5-3-2-4-10(11)14/h2-8H,14H2,1H3,(H,16,18). The van der Waals surface area contributed by atoms with E-state index in [1.54, 1.807) is 29.9 Å². The Bertz CT molecular complexity index is 567. The zero-order valence-corrected chi connectivity index (χ0v) is 12.0. The highest BCUT2D eigenvalue weighted by atomic mass is 127. The number of halogens is 1. The van der Waals surface area contributed by atoms with E-state index in [2.05, 4.69) is 33.0 Å². The lowest BCUT2D eigenvalue weighted by Gasteiger charge is -2.13. The van der Waals surface area contributed by atoms with Gasteiger partial charge in [0.25, 0.3) is 0 Å². The minimum atomic E-state index is -0.381. The minimum absolute atomic E-state index is 0.146. The summed E-state index contributed by atoms with van der Waals surface area (Å²) in [5.74, 6) is -0.146. The third-order valence-corrected chi connectivity index (χ3v) is 3.12. The van der Waals surface area contributed by atoms with Gasteiger partial charge in [0.2, 0.25) is 5.91 Å². The minimum Gasteiger partial charge on any atom is -0.397 e. The molecule has 6 heteroatoms. The summed E-state index contributed by atoms with van der Waals surface area (Å²) in [5.41, 5.74) is 6.94. The summed E-state index contributed by atoms with van der Waals surface area (Å²) >= 11 is 2.15. The molecular formula is C12H13IN4O. The number of amides is 1. The van der Waals surface area contributed by atoms with Crippen molar-refractivity contribution in [3.63, 3.8) is 0 Å². The SMILES string of the molecule is CC(C(=O)Nc1ccccc1N)n1cc(I)cn1. The van der Waals surface area contributed by atoms with Crippen LogP contribution in [-0.4, -0.2) is 15.7 Å². The molecule has 94 valence electrons. The largest absolute Gasteiger partial charge is 0.397 e. The molecule has 1 heterocycles. The van der Waals surface area contributed by atoms with Gasteiger partial charge in [-0.3, -0.25) is 9.48 Å². The van der Waals surface area contributed by atoms with Crippen molar-refractivity contribution in [3.05, 3.63) is 40.2 Å². The van der Waals surface area contributed by atoms with Crippen LogP contribution in [0.5, 0.6) is 0 Å². The molecule has 18 heavy (non-hydrogen) atoms. The number of benzene rings is 1. The number of aromatic nitrogens is 2. The zero-order chi connectivity index (χ0) is 13.1. The summed E-state index contributed by atoms with van der Waals surface area (Å²) in [6.45, 7) is 1.79. The molecule has 0 bridgehead atoms. The summed E-state index contributed by atoms with van der Waals surface area (Å²) in [6, 6.07) is 6.79. The van der Waals surface area contributed by atoms with Gasteiger partial charge < -0.3 is 11.1 Å². The Morgan fingerprint density at radius 2 is 2.22 bits per heavy atom. The molecule has 1 aromatic heterocycles. The van der Waals surface area contributed by atoms with Crippen LogP contribution in [0.4, 0.5) is 11.4 Å². The van der Waals surface area contributed by atoms with Crippen LogP contribution in [0.3, 0.4) is 0 Å². The fraction of sp³-hybridized carbons (Fsp3) is 0.167. The van der Waals surface area contributed by atoms with Gasteiger partial charge in [-0.1, -0.05) is 12.1 Å². The van der Waals surface area contributed by atoms with Crippen LogP contribution in [0, 0.1) is 3.57 Å². The van der Waals surface area contributed by atoms with Crippen LogP contribution in [0.2, 0.25) is 0 Å². The lowest BCUT2D eigenvalue weighted by Crippen LogP contribution is -2.24. The molecule has 5 nitrogen and oxygen atoms in total. The number of nitrogens with zero attached hydrogens (tertiary/aromatic N) is 2.